The van der Waals surface area contributed by atoms with Crippen molar-refractivity contribution in [2.75, 3.05) is 20.8 Å². The van der Waals surface area contributed by atoms with Crippen LogP contribution in [0.15, 0.2) is 48.5 Å². The van der Waals surface area contributed by atoms with Crippen LogP contribution in [0.2, 0.25) is 0 Å². The van der Waals surface area contributed by atoms with Crippen LogP contribution in [0.3, 0.4) is 0 Å². The summed E-state index contributed by atoms with van der Waals surface area (Å²) < 4.78 is 23.5. The Morgan fingerprint density at radius 3 is 2.52 bits per heavy atom. The molecule has 27 heavy (non-hydrogen) atoms. The van der Waals surface area contributed by atoms with Crippen molar-refractivity contribution >= 4 is 5.91 Å². The van der Waals surface area contributed by atoms with Gasteiger partial charge in [-0.3, -0.25) is 9.89 Å². The summed E-state index contributed by atoms with van der Waals surface area (Å²) >= 11 is 0. The van der Waals surface area contributed by atoms with E-state index in [1.807, 2.05) is 18.2 Å². The Hall–Kier alpha value is -3.35. The monoisotopic (exact) mass is 369 g/mol. The first-order valence-corrected chi connectivity index (χ1v) is 8.41. The number of carbonyl (C=O) groups is 1. The van der Waals surface area contributed by atoms with E-state index in [0.29, 0.717) is 35.9 Å². The van der Waals surface area contributed by atoms with Gasteiger partial charge in [0.15, 0.2) is 11.5 Å². The van der Waals surface area contributed by atoms with E-state index in [0.717, 1.165) is 11.1 Å². The molecule has 1 aromatic heterocycles. The van der Waals surface area contributed by atoms with Crippen molar-refractivity contribution in [2.45, 2.75) is 6.42 Å². The largest absolute Gasteiger partial charge is 0.493 e. The number of nitrogens with zero attached hydrogens (tertiary/aromatic N) is 1. The third-order valence-corrected chi connectivity index (χ3v) is 4.11. The molecular formula is C20H20FN3O3. The number of rotatable bonds is 7. The summed E-state index contributed by atoms with van der Waals surface area (Å²) in [7, 11) is 3.17. The fourth-order valence-electron chi connectivity index (χ4n) is 2.66. The second kappa shape index (κ2) is 8.35. The minimum Gasteiger partial charge on any atom is -0.493 e. The molecule has 6 nitrogen and oxygen atoms in total. The topological polar surface area (TPSA) is 76.2 Å². The molecule has 0 saturated carbocycles. The van der Waals surface area contributed by atoms with Gasteiger partial charge in [0.1, 0.15) is 11.5 Å². The molecule has 2 aromatic carbocycles. The van der Waals surface area contributed by atoms with Gasteiger partial charge in [-0.2, -0.15) is 5.10 Å². The van der Waals surface area contributed by atoms with Crippen molar-refractivity contribution in [3.05, 3.63) is 65.6 Å². The van der Waals surface area contributed by atoms with Gasteiger partial charge < -0.3 is 14.8 Å². The third-order valence-electron chi connectivity index (χ3n) is 4.11. The number of ether oxygens (including phenoxy) is 2. The van der Waals surface area contributed by atoms with Crippen LogP contribution in [0, 0.1) is 5.82 Å². The van der Waals surface area contributed by atoms with Crippen LogP contribution in [0.1, 0.15) is 16.1 Å². The number of amides is 1. The van der Waals surface area contributed by atoms with Gasteiger partial charge in [0.25, 0.3) is 5.91 Å². The number of hydrogen-bond donors (Lipinski definition) is 2. The van der Waals surface area contributed by atoms with Gasteiger partial charge in [-0.25, -0.2) is 4.39 Å². The van der Waals surface area contributed by atoms with Crippen LogP contribution in [0.25, 0.3) is 11.3 Å². The Kier molecular flexibility index (Phi) is 5.71. The number of benzene rings is 2. The minimum absolute atomic E-state index is 0.253. The molecule has 3 rings (SSSR count). The van der Waals surface area contributed by atoms with Gasteiger partial charge in [0.05, 0.1) is 19.9 Å². The van der Waals surface area contributed by atoms with Gasteiger partial charge >= 0.3 is 0 Å². The normalized spacial score (nSPS) is 10.5. The molecule has 0 atom stereocenters. The van der Waals surface area contributed by atoms with Gasteiger partial charge in [0.2, 0.25) is 0 Å². The molecule has 0 radical (unpaired) electrons. The summed E-state index contributed by atoms with van der Waals surface area (Å²) in [5.41, 5.74) is 2.68. The standard InChI is InChI=1S/C20H20FN3O3/c1-26-18-8-3-13(11-19(18)27-2)9-10-22-20(25)17-12-16(23-24-17)14-4-6-15(21)7-5-14/h3-8,11-12H,9-10H2,1-2H3,(H,22,25)(H,23,24). The fourth-order valence-corrected chi connectivity index (χ4v) is 2.66. The number of nitrogens with one attached hydrogen (secondary N) is 2. The second-order valence-corrected chi connectivity index (χ2v) is 5.87. The smallest absolute Gasteiger partial charge is 0.269 e. The van der Waals surface area contributed by atoms with Crippen molar-refractivity contribution in [2.24, 2.45) is 0 Å². The van der Waals surface area contributed by atoms with E-state index in [4.69, 9.17) is 9.47 Å². The number of aromatic amines is 1. The maximum Gasteiger partial charge on any atom is 0.269 e. The molecule has 1 amide bonds. The summed E-state index contributed by atoms with van der Waals surface area (Å²) in [6.45, 7) is 0.458. The number of hydrogen-bond acceptors (Lipinski definition) is 4. The Morgan fingerprint density at radius 1 is 1.07 bits per heavy atom. The molecular weight excluding hydrogens is 349 g/mol. The van der Waals surface area contributed by atoms with Gasteiger partial charge in [-0.1, -0.05) is 6.07 Å². The lowest BCUT2D eigenvalue weighted by molar-refractivity contribution is 0.0949. The minimum atomic E-state index is -0.317. The molecule has 0 aliphatic rings. The van der Waals surface area contributed by atoms with Crippen molar-refractivity contribution in [1.82, 2.24) is 15.5 Å². The third kappa shape index (κ3) is 4.44. The molecule has 7 heteroatoms. The highest BCUT2D eigenvalue weighted by Gasteiger charge is 2.11. The highest BCUT2D eigenvalue weighted by atomic mass is 19.1. The summed E-state index contributed by atoms with van der Waals surface area (Å²) in [5, 5.41) is 9.66. The zero-order valence-electron chi connectivity index (χ0n) is 15.1. The molecule has 0 aliphatic heterocycles. The quantitative estimate of drug-likeness (QED) is 0.671. The van der Waals surface area contributed by atoms with Crippen LogP contribution < -0.4 is 14.8 Å². The summed E-state index contributed by atoms with van der Waals surface area (Å²) in [5.74, 6) is 0.744. The Labute approximate surface area is 156 Å². The summed E-state index contributed by atoms with van der Waals surface area (Å²) in [6, 6.07) is 13.2. The number of H-pyrrole nitrogens is 1. The van der Waals surface area contributed by atoms with E-state index < -0.39 is 0 Å². The maximum atomic E-state index is 13.0. The molecule has 0 unspecified atom stereocenters. The second-order valence-electron chi connectivity index (χ2n) is 5.87. The Balaban J connectivity index is 1.58. The van der Waals surface area contributed by atoms with E-state index in [9.17, 15) is 9.18 Å². The average molecular weight is 369 g/mol. The lowest BCUT2D eigenvalue weighted by Crippen LogP contribution is -2.26. The van der Waals surface area contributed by atoms with Crippen LogP contribution >= 0.6 is 0 Å². The lowest BCUT2D eigenvalue weighted by atomic mass is 10.1. The molecule has 0 bridgehead atoms. The van der Waals surface area contributed by atoms with E-state index in [1.165, 1.54) is 12.1 Å². The van der Waals surface area contributed by atoms with E-state index in [-0.39, 0.29) is 11.7 Å². The first-order valence-electron chi connectivity index (χ1n) is 8.41. The molecule has 140 valence electrons. The SMILES string of the molecule is COc1ccc(CCNC(=O)c2cc(-c3ccc(F)cc3)n[nH]2)cc1OC. The average Bonchev–Trinajstić information content (AvgIpc) is 3.18. The Bertz CT molecular complexity index is 922. The van der Waals surface area contributed by atoms with Crippen molar-refractivity contribution in [3.8, 4) is 22.8 Å². The first-order chi connectivity index (χ1) is 13.1. The van der Waals surface area contributed by atoms with Crippen LogP contribution in [0.5, 0.6) is 11.5 Å². The zero-order valence-corrected chi connectivity index (χ0v) is 15.1. The highest BCUT2D eigenvalue weighted by molar-refractivity contribution is 5.93. The van der Waals surface area contributed by atoms with Crippen LogP contribution in [-0.4, -0.2) is 36.9 Å². The first kappa shape index (κ1) is 18.4. The van der Waals surface area contributed by atoms with Crippen LogP contribution in [-0.2, 0) is 6.42 Å². The number of methoxy groups -OCH3 is 2. The van der Waals surface area contributed by atoms with E-state index >= 15 is 0 Å². The van der Waals surface area contributed by atoms with Crippen molar-refractivity contribution in [3.63, 3.8) is 0 Å². The van der Waals surface area contributed by atoms with E-state index in [2.05, 4.69) is 15.5 Å². The van der Waals surface area contributed by atoms with Crippen LogP contribution in [0.4, 0.5) is 4.39 Å². The summed E-state index contributed by atoms with van der Waals surface area (Å²) in [4.78, 5) is 12.3. The molecule has 1 heterocycles. The van der Waals surface area contributed by atoms with E-state index in [1.54, 1.807) is 32.4 Å². The number of halogens is 1. The predicted molar refractivity (Wildman–Crippen MR) is 99.6 cm³/mol. The lowest BCUT2D eigenvalue weighted by Gasteiger charge is -2.09. The fraction of sp³-hybridized carbons (Fsp3) is 0.200. The Morgan fingerprint density at radius 2 is 1.81 bits per heavy atom. The van der Waals surface area contributed by atoms with Crippen molar-refractivity contribution < 1.29 is 18.7 Å². The predicted octanol–water partition coefficient (Wildman–Crippen LogP) is 3.21. The zero-order chi connectivity index (χ0) is 19.2. The number of aromatic nitrogens is 2. The molecule has 0 aliphatic carbocycles. The molecule has 3 aromatic rings. The summed E-state index contributed by atoms with van der Waals surface area (Å²) in [6.07, 6.45) is 0.644. The van der Waals surface area contributed by atoms with Gasteiger partial charge in [0, 0.05) is 12.1 Å². The van der Waals surface area contributed by atoms with Gasteiger partial charge in [-0.05, 0) is 54.4 Å². The molecule has 0 saturated heterocycles. The highest BCUT2D eigenvalue weighted by Crippen LogP contribution is 2.27. The number of carbonyl (C=O) groups excluding carboxylic acids is 1. The molecule has 0 fully saturated rings. The van der Waals surface area contributed by atoms with Crippen molar-refractivity contribution in [1.29, 1.82) is 0 Å². The molecule has 2 N–H and O–H groups in total. The molecule has 0 spiro atoms. The maximum absolute atomic E-state index is 13.0. The van der Waals surface area contributed by atoms with Gasteiger partial charge in [-0.15, -0.1) is 0 Å².